The molecule has 0 spiro atoms. The molecule has 2 aromatic rings. The van der Waals surface area contributed by atoms with E-state index < -0.39 is 0 Å². The quantitative estimate of drug-likeness (QED) is 0.688. The summed E-state index contributed by atoms with van der Waals surface area (Å²) in [5.74, 6) is -0.666. The normalized spacial score (nSPS) is 14.8. The highest BCUT2D eigenvalue weighted by atomic mass is 16.2. The molecule has 0 unspecified atom stereocenters. The molecule has 0 saturated carbocycles. The van der Waals surface area contributed by atoms with E-state index in [9.17, 15) is 14.4 Å². The summed E-state index contributed by atoms with van der Waals surface area (Å²) in [5.41, 5.74) is 1.79. The molecular weight excluding hydrogens is 318 g/mol. The fourth-order valence-corrected chi connectivity index (χ4v) is 2.55. The molecule has 1 N–H and O–H groups in total. The van der Waals surface area contributed by atoms with Crippen LogP contribution in [0.5, 0.6) is 0 Å². The van der Waals surface area contributed by atoms with Crippen molar-refractivity contribution in [1.82, 2.24) is 4.98 Å². The van der Waals surface area contributed by atoms with Crippen LogP contribution in [0.1, 0.15) is 25.0 Å². The van der Waals surface area contributed by atoms with Crippen LogP contribution in [0.25, 0.3) is 6.08 Å². The maximum Gasteiger partial charge on any atom is 0.248 e. The van der Waals surface area contributed by atoms with Crippen molar-refractivity contribution in [3.8, 4) is 0 Å². The zero-order valence-electron chi connectivity index (χ0n) is 13.5. The molecule has 0 radical (unpaired) electrons. The molecule has 0 bridgehead atoms. The monoisotopic (exact) mass is 335 g/mol. The number of aromatic nitrogens is 1. The Balaban J connectivity index is 1.64. The third kappa shape index (κ3) is 4.17. The van der Waals surface area contributed by atoms with Crippen molar-refractivity contribution in [2.75, 3.05) is 10.2 Å². The third-order valence-corrected chi connectivity index (χ3v) is 3.77. The van der Waals surface area contributed by atoms with Gasteiger partial charge in [-0.15, -0.1) is 0 Å². The number of nitrogens with zero attached hydrogens (tertiary/aromatic N) is 2. The van der Waals surface area contributed by atoms with E-state index in [1.165, 1.54) is 11.0 Å². The summed E-state index contributed by atoms with van der Waals surface area (Å²) in [7, 11) is 0. The lowest BCUT2D eigenvalue weighted by atomic mass is 10.1. The molecule has 1 aliphatic rings. The van der Waals surface area contributed by atoms with E-state index in [1.807, 2.05) is 6.07 Å². The second-order valence-electron chi connectivity index (χ2n) is 5.60. The topological polar surface area (TPSA) is 79.4 Å². The molecule has 126 valence electrons. The van der Waals surface area contributed by atoms with Crippen molar-refractivity contribution < 1.29 is 14.4 Å². The number of carbonyl (C=O) groups excluding carboxylic acids is 3. The summed E-state index contributed by atoms with van der Waals surface area (Å²) in [6.07, 6.45) is 6.03. The van der Waals surface area contributed by atoms with Gasteiger partial charge in [-0.05, 0) is 48.9 Å². The van der Waals surface area contributed by atoms with E-state index in [-0.39, 0.29) is 17.7 Å². The predicted molar refractivity (Wildman–Crippen MR) is 94.7 cm³/mol. The number of rotatable bonds is 4. The smallest absolute Gasteiger partial charge is 0.248 e. The van der Waals surface area contributed by atoms with Crippen molar-refractivity contribution >= 4 is 35.2 Å². The van der Waals surface area contributed by atoms with E-state index in [1.54, 1.807) is 48.7 Å². The second-order valence-corrected chi connectivity index (χ2v) is 5.60. The Morgan fingerprint density at radius 2 is 1.76 bits per heavy atom. The minimum Gasteiger partial charge on any atom is -0.323 e. The van der Waals surface area contributed by atoms with E-state index in [2.05, 4.69) is 10.3 Å². The van der Waals surface area contributed by atoms with Gasteiger partial charge in [-0.25, -0.2) is 0 Å². The van der Waals surface area contributed by atoms with Crippen LogP contribution < -0.4 is 10.2 Å². The number of imide groups is 1. The first kappa shape index (κ1) is 16.6. The lowest BCUT2D eigenvalue weighted by Gasteiger charge is -2.24. The molecule has 1 aliphatic heterocycles. The molecule has 25 heavy (non-hydrogen) atoms. The van der Waals surface area contributed by atoms with Gasteiger partial charge in [0, 0.05) is 30.8 Å². The number of piperidine rings is 1. The minimum absolute atomic E-state index is 0.189. The summed E-state index contributed by atoms with van der Waals surface area (Å²) in [6.45, 7) is 0. The van der Waals surface area contributed by atoms with Gasteiger partial charge in [0.15, 0.2) is 0 Å². The summed E-state index contributed by atoms with van der Waals surface area (Å²) >= 11 is 0. The van der Waals surface area contributed by atoms with Gasteiger partial charge >= 0.3 is 0 Å². The zero-order chi connectivity index (χ0) is 17.6. The van der Waals surface area contributed by atoms with Gasteiger partial charge in [-0.3, -0.25) is 24.3 Å². The van der Waals surface area contributed by atoms with Crippen LogP contribution in [0, 0.1) is 0 Å². The molecule has 1 fully saturated rings. The standard InChI is InChI=1S/C19H17N3O3/c23-17(12-9-14-4-1-2-13-20-14)21-15-7-10-16(11-8-15)22-18(24)5-3-6-19(22)25/h1-2,4,7-13H,3,5-6H2,(H,21,23)/b12-9+. The molecule has 6 heteroatoms. The highest BCUT2D eigenvalue weighted by Crippen LogP contribution is 2.23. The highest BCUT2D eigenvalue weighted by Gasteiger charge is 2.27. The average molecular weight is 335 g/mol. The summed E-state index contributed by atoms with van der Waals surface area (Å²) in [5, 5.41) is 2.72. The van der Waals surface area contributed by atoms with Gasteiger partial charge in [0.05, 0.1) is 11.4 Å². The zero-order valence-corrected chi connectivity index (χ0v) is 13.5. The number of pyridine rings is 1. The Morgan fingerprint density at radius 1 is 1.04 bits per heavy atom. The van der Waals surface area contributed by atoms with Crippen LogP contribution in [0.2, 0.25) is 0 Å². The van der Waals surface area contributed by atoms with Crippen LogP contribution >= 0.6 is 0 Å². The van der Waals surface area contributed by atoms with Gasteiger partial charge in [0.1, 0.15) is 0 Å². The lowest BCUT2D eigenvalue weighted by molar-refractivity contribution is -0.129. The molecule has 0 atom stereocenters. The summed E-state index contributed by atoms with van der Waals surface area (Å²) < 4.78 is 0. The first-order chi connectivity index (χ1) is 12.1. The van der Waals surface area contributed by atoms with Crippen LogP contribution in [0.15, 0.2) is 54.7 Å². The summed E-state index contributed by atoms with van der Waals surface area (Å²) in [6, 6.07) is 12.1. The molecule has 1 saturated heterocycles. The maximum absolute atomic E-state index is 11.9. The molecule has 3 rings (SSSR count). The van der Waals surface area contributed by atoms with Crippen molar-refractivity contribution in [2.45, 2.75) is 19.3 Å². The second kappa shape index (κ2) is 7.53. The Labute approximate surface area is 145 Å². The Morgan fingerprint density at radius 3 is 2.40 bits per heavy atom. The Kier molecular flexibility index (Phi) is 4.99. The molecule has 0 aliphatic carbocycles. The number of benzene rings is 1. The maximum atomic E-state index is 11.9. The molecule has 3 amide bonds. The molecule has 2 heterocycles. The molecule has 6 nitrogen and oxygen atoms in total. The summed E-state index contributed by atoms with van der Waals surface area (Å²) in [4.78, 5) is 41.1. The van der Waals surface area contributed by atoms with Gasteiger partial charge in [0.2, 0.25) is 17.7 Å². The van der Waals surface area contributed by atoms with E-state index in [0.717, 1.165) is 0 Å². The fourth-order valence-electron chi connectivity index (χ4n) is 2.55. The largest absolute Gasteiger partial charge is 0.323 e. The van der Waals surface area contributed by atoms with Crippen LogP contribution in [0.4, 0.5) is 11.4 Å². The number of hydrogen-bond donors (Lipinski definition) is 1. The molecule has 1 aromatic heterocycles. The van der Waals surface area contributed by atoms with Crippen LogP contribution in [0.3, 0.4) is 0 Å². The van der Waals surface area contributed by atoms with Gasteiger partial charge < -0.3 is 5.32 Å². The lowest BCUT2D eigenvalue weighted by Crippen LogP contribution is -2.40. The van der Waals surface area contributed by atoms with Crippen molar-refractivity contribution in [2.24, 2.45) is 0 Å². The van der Waals surface area contributed by atoms with Crippen molar-refractivity contribution in [1.29, 1.82) is 0 Å². The first-order valence-corrected chi connectivity index (χ1v) is 7.99. The average Bonchev–Trinajstić information content (AvgIpc) is 2.62. The van der Waals surface area contributed by atoms with Gasteiger partial charge in [-0.1, -0.05) is 6.07 Å². The van der Waals surface area contributed by atoms with E-state index in [4.69, 9.17) is 0 Å². The first-order valence-electron chi connectivity index (χ1n) is 7.99. The SMILES string of the molecule is O=C(/C=C/c1ccccn1)Nc1ccc(N2C(=O)CCCC2=O)cc1. The van der Waals surface area contributed by atoms with E-state index in [0.29, 0.717) is 36.3 Å². The Hall–Kier alpha value is -3.28. The third-order valence-electron chi connectivity index (χ3n) is 3.77. The minimum atomic E-state index is -0.288. The van der Waals surface area contributed by atoms with Gasteiger partial charge in [-0.2, -0.15) is 0 Å². The number of nitrogens with one attached hydrogen (secondary N) is 1. The predicted octanol–water partition coefficient (Wildman–Crippen LogP) is 2.78. The number of hydrogen-bond acceptors (Lipinski definition) is 4. The number of amides is 3. The highest BCUT2D eigenvalue weighted by molar-refractivity contribution is 6.16. The van der Waals surface area contributed by atoms with Gasteiger partial charge in [0.25, 0.3) is 0 Å². The van der Waals surface area contributed by atoms with Crippen molar-refractivity contribution in [3.63, 3.8) is 0 Å². The number of anilines is 2. The van der Waals surface area contributed by atoms with Crippen LogP contribution in [-0.4, -0.2) is 22.7 Å². The molecular formula is C19H17N3O3. The fraction of sp³-hybridized carbons (Fsp3) is 0.158. The number of carbonyl (C=O) groups is 3. The molecule has 1 aromatic carbocycles. The van der Waals surface area contributed by atoms with Crippen molar-refractivity contribution in [3.05, 3.63) is 60.4 Å². The Bertz CT molecular complexity index is 798. The van der Waals surface area contributed by atoms with Crippen LogP contribution in [-0.2, 0) is 14.4 Å². The van der Waals surface area contributed by atoms with E-state index >= 15 is 0 Å².